The van der Waals surface area contributed by atoms with Crippen molar-refractivity contribution in [1.82, 2.24) is 4.90 Å². The number of carbonyl (C=O) groups excluding carboxylic acids is 1. The molecule has 1 fully saturated rings. The number of nitrogens with two attached hydrogens (primary N) is 1. The Morgan fingerprint density at radius 3 is 2.62 bits per heavy atom. The van der Waals surface area contributed by atoms with E-state index in [0.717, 1.165) is 24.6 Å². The summed E-state index contributed by atoms with van der Waals surface area (Å²) in [7, 11) is 2.09. The molecule has 4 heteroatoms. The highest BCUT2D eigenvalue weighted by Crippen LogP contribution is 2.30. The Morgan fingerprint density at radius 1 is 1.38 bits per heavy atom. The minimum absolute atomic E-state index is 0.337. The third kappa shape index (κ3) is 4.29. The number of nitrogens with zero attached hydrogens (tertiary/aromatic N) is 1. The predicted octanol–water partition coefficient (Wildman–Crippen LogP) is 2.14. The lowest BCUT2D eigenvalue weighted by Gasteiger charge is -2.29. The highest BCUT2D eigenvalue weighted by Gasteiger charge is 2.37. The van der Waals surface area contributed by atoms with E-state index in [1.807, 2.05) is 37.3 Å². The fourth-order valence-electron chi connectivity index (χ4n) is 2.56. The van der Waals surface area contributed by atoms with E-state index in [1.165, 1.54) is 12.8 Å². The molecule has 1 aliphatic rings. The van der Waals surface area contributed by atoms with Gasteiger partial charge < -0.3 is 15.4 Å². The van der Waals surface area contributed by atoms with Gasteiger partial charge in [0.15, 0.2) is 0 Å². The van der Waals surface area contributed by atoms with Crippen LogP contribution in [-0.4, -0.2) is 37.6 Å². The molecule has 0 saturated heterocycles. The van der Waals surface area contributed by atoms with E-state index in [0.29, 0.717) is 13.0 Å². The van der Waals surface area contributed by atoms with Crippen LogP contribution in [0.25, 0.3) is 0 Å². The highest BCUT2D eigenvalue weighted by atomic mass is 16.5. The predicted molar refractivity (Wildman–Crippen MR) is 83.8 cm³/mol. The molecule has 2 N–H and O–H groups in total. The fraction of sp³-hybridized carbons (Fsp3) is 0.588. The first kappa shape index (κ1) is 16.0. The van der Waals surface area contributed by atoms with Gasteiger partial charge in [0.1, 0.15) is 5.54 Å². The van der Waals surface area contributed by atoms with Crippen molar-refractivity contribution in [2.24, 2.45) is 11.7 Å². The zero-order valence-electron chi connectivity index (χ0n) is 13.0. The van der Waals surface area contributed by atoms with Gasteiger partial charge in [-0.1, -0.05) is 30.3 Å². The Labute approximate surface area is 127 Å². The molecule has 0 aliphatic heterocycles. The summed E-state index contributed by atoms with van der Waals surface area (Å²) in [6, 6.07) is 9.54. The van der Waals surface area contributed by atoms with Crippen molar-refractivity contribution in [1.29, 1.82) is 0 Å². The normalized spacial score (nSPS) is 17.5. The average Bonchev–Trinajstić information content (AvgIpc) is 3.30. The summed E-state index contributed by atoms with van der Waals surface area (Å²) in [6.07, 6.45) is 3.22. The summed E-state index contributed by atoms with van der Waals surface area (Å²) in [5.41, 5.74) is 6.20. The van der Waals surface area contributed by atoms with Crippen molar-refractivity contribution in [2.45, 2.75) is 31.7 Å². The van der Waals surface area contributed by atoms with Crippen LogP contribution in [0.3, 0.4) is 0 Å². The van der Waals surface area contributed by atoms with E-state index in [2.05, 4.69) is 11.9 Å². The van der Waals surface area contributed by atoms with Crippen LogP contribution in [0.15, 0.2) is 30.3 Å². The Bertz CT molecular complexity index is 459. The van der Waals surface area contributed by atoms with Crippen LogP contribution in [0, 0.1) is 5.92 Å². The second kappa shape index (κ2) is 7.05. The lowest BCUT2D eigenvalue weighted by atomic mass is 9.87. The number of rotatable bonds is 8. The van der Waals surface area contributed by atoms with Crippen molar-refractivity contribution in [2.75, 3.05) is 26.7 Å². The summed E-state index contributed by atoms with van der Waals surface area (Å²) < 4.78 is 5.20. The molecular weight excluding hydrogens is 264 g/mol. The Kier molecular flexibility index (Phi) is 5.37. The molecule has 4 nitrogen and oxygen atoms in total. The fourth-order valence-corrected chi connectivity index (χ4v) is 2.56. The van der Waals surface area contributed by atoms with Crippen molar-refractivity contribution in [3.63, 3.8) is 0 Å². The number of hydrogen-bond donors (Lipinski definition) is 1. The lowest BCUT2D eigenvalue weighted by Crippen LogP contribution is -2.48. The van der Waals surface area contributed by atoms with Gasteiger partial charge in [-0.3, -0.25) is 0 Å². The molecule has 116 valence electrons. The molecule has 1 aliphatic carbocycles. The van der Waals surface area contributed by atoms with Gasteiger partial charge >= 0.3 is 5.97 Å². The van der Waals surface area contributed by atoms with Crippen molar-refractivity contribution >= 4 is 5.97 Å². The molecular formula is C17H26N2O2. The summed E-state index contributed by atoms with van der Waals surface area (Å²) in [5, 5.41) is 0. The van der Waals surface area contributed by atoms with E-state index in [9.17, 15) is 4.79 Å². The molecule has 0 spiro atoms. The van der Waals surface area contributed by atoms with Gasteiger partial charge in [-0.25, -0.2) is 4.79 Å². The number of carbonyl (C=O) groups is 1. The Balaban J connectivity index is 2.05. The van der Waals surface area contributed by atoms with Crippen LogP contribution in [0.2, 0.25) is 0 Å². The van der Waals surface area contributed by atoms with Crippen LogP contribution >= 0.6 is 0 Å². The van der Waals surface area contributed by atoms with Crippen molar-refractivity contribution in [3.8, 4) is 0 Å². The minimum Gasteiger partial charge on any atom is -0.464 e. The van der Waals surface area contributed by atoms with E-state index >= 15 is 0 Å². The topological polar surface area (TPSA) is 55.6 Å². The minimum atomic E-state index is -1.06. The van der Waals surface area contributed by atoms with Gasteiger partial charge in [0.2, 0.25) is 0 Å². The molecule has 1 saturated carbocycles. The SMILES string of the molecule is CCOC(=O)C(N)(CCN(C)CC1CC1)c1ccccc1. The number of ether oxygens (including phenoxy) is 1. The standard InChI is InChI=1S/C17H26N2O2/c1-3-21-16(20)17(18,15-7-5-4-6-8-15)11-12-19(2)13-14-9-10-14/h4-8,14H,3,9-13,18H2,1-2H3. The Hall–Kier alpha value is -1.39. The number of esters is 1. The first-order chi connectivity index (χ1) is 10.1. The summed E-state index contributed by atoms with van der Waals surface area (Å²) in [4.78, 5) is 14.6. The molecule has 0 aromatic heterocycles. The van der Waals surface area contributed by atoms with E-state index in [4.69, 9.17) is 10.5 Å². The first-order valence-corrected chi connectivity index (χ1v) is 7.76. The largest absolute Gasteiger partial charge is 0.464 e. The van der Waals surface area contributed by atoms with Crippen LogP contribution in [0.5, 0.6) is 0 Å². The number of hydrogen-bond acceptors (Lipinski definition) is 4. The molecule has 1 aromatic rings. The van der Waals surface area contributed by atoms with Crippen molar-refractivity contribution in [3.05, 3.63) is 35.9 Å². The summed E-state index contributed by atoms with van der Waals surface area (Å²) in [5.74, 6) is 0.498. The van der Waals surface area contributed by atoms with E-state index < -0.39 is 5.54 Å². The summed E-state index contributed by atoms with van der Waals surface area (Å²) >= 11 is 0. The maximum atomic E-state index is 12.3. The molecule has 1 atom stereocenters. The average molecular weight is 290 g/mol. The monoisotopic (exact) mass is 290 g/mol. The van der Waals surface area contributed by atoms with Crippen LogP contribution in [0.1, 0.15) is 31.7 Å². The third-order valence-corrected chi connectivity index (χ3v) is 4.08. The molecule has 0 amide bonds. The van der Waals surface area contributed by atoms with Gasteiger partial charge in [-0.05, 0) is 44.7 Å². The molecule has 0 heterocycles. The maximum Gasteiger partial charge on any atom is 0.330 e. The quantitative estimate of drug-likeness (QED) is 0.745. The number of benzene rings is 1. The highest BCUT2D eigenvalue weighted by molar-refractivity contribution is 5.82. The summed E-state index contributed by atoms with van der Waals surface area (Å²) in [6.45, 7) is 4.04. The van der Waals surface area contributed by atoms with Crippen LogP contribution in [-0.2, 0) is 15.1 Å². The lowest BCUT2D eigenvalue weighted by molar-refractivity contribution is -0.150. The Morgan fingerprint density at radius 2 is 2.05 bits per heavy atom. The van der Waals surface area contributed by atoms with Crippen LogP contribution < -0.4 is 5.73 Å². The van der Waals surface area contributed by atoms with Gasteiger partial charge in [-0.2, -0.15) is 0 Å². The van der Waals surface area contributed by atoms with Gasteiger partial charge in [0, 0.05) is 13.1 Å². The molecule has 2 rings (SSSR count). The zero-order valence-corrected chi connectivity index (χ0v) is 13.0. The smallest absolute Gasteiger partial charge is 0.330 e. The van der Waals surface area contributed by atoms with E-state index in [-0.39, 0.29) is 5.97 Å². The van der Waals surface area contributed by atoms with Gasteiger partial charge in [0.05, 0.1) is 6.61 Å². The third-order valence-electron chi connectivity index (χ3n) is 4.08. The van der Waals surface area contributed by atoms with Crippen molar-refractivity contribution < 1.29 is 9.53 Å². The van der Waals surface area contributed by atoms with Crippen LogP contribution in [0.4, 0.5) is 0 Å². The van der Waals surface area contributed by atoms with Gasteiger partial charge in [0.25, 0.3) is 0 Å². The second-order valence-corrected chi connectivity index (χ2v) is 6.01. The maximum absolute atomic E-state index is 12.3. The zero-order chi connectivity index (χ0) is 15.3. The second-order valence-electron chi connectivity index (χ2n) is 6.01. The molecule has 1 aromatic carbocycles. The molecule has 0 bridgehead atoms. The first-order valence-electron chi connectivity index (χ1n) is 7.76. The molecule has 21 heavy (non-hydrogen) atoms. The van der Waals surface area contributed by atoms with Gasteiger partial charge in [-0.15, -0.1) is 0 Å². The molecule has 1 unspecified atom stereocenters. The molecule has 0 radical (unpaired) electrons. The van der Waals surface area contributed by atoms with E-state index in [1.54, 1.807) is 0 Å².